The van der Waals surface area contributed by atoms with Crippen molar-refractivity contribution in [2.75, 3.05) is 20.6 Å². The Hall–Kier alpha value is -2.15. The molecule has 0 rings (SSSR count). The molecule has 8 nitrogen and oxygen atoms in total. The van der Waals surface area contributed by atoms with Gasteiger partial charge in [-0.1, -0.05) is 0 Å². The van der Waals surface area contributed by atoms with Crippen molar-refractivity contribution in [3.63, 3.8) is 0 Å². The highest BCUT2D eigenvalue weighted by atomic mass is 15.6. The second-order valence-corrected chi connectivity index (χ2v) is 2.37. The average molecular weight is 199 g/mol. The van der Waals surface area contributed by atoms with Gasteiger partial charge in [0.2, 0.25) is 0 Å². The molecule has 0 amide bonds. The number of hydrogen-bond acceptors (Lipinski definition) is 5. The van der Waals surface area contributed by atoms with E-state index in [9.17, 15) is 0 Å². The van der Waals surface area contributed by atoms with Crippen LogP contribution in [-0.2, 0) is 0 Å². The van der Waals surface area contributed by atoms with Crippen molar-refractivity contribution in [1.82, 2.24) is 0 Å². The molecule has 0 fully saturated rings. The summed E-state index contributed by atoms with van der Waals surface area (Å²) in [6, 6.07) is 0. The topological polar surface area (TPSA) is 148 Å². The van der Waals surface area contributed by atoms with E-state index < -0.39 is 0 Å². The van der Waals surface area contributed by atoms with E-state index >= 15 is 0 Å². The number of nitriles is 2. The SMILES string of the molecule is CC[N+](C)(C)N=[N+]=[N-].N#CN.N#CN. The molecule has 0 saturated heterocycles. The molecule has 0 aliphatic carbocycles. The second-order valence-electron chi connectivity index (χ2n) is 2.37. The van der Waals surface area contributed by atoms with Gasteiger partial charge >= 0.3 is 0 Å². The van der Waals surface area contributed by atoms with Gasteiger partial charge in [-0.3, -0.25) is 0 Å². The largest absolute Gasteiger partial charge is 0.337 e. The molecule has 8 heteroatoms. The minimum atomic E-state index is 0.372. The Balaban J connectivity index is -0.000000168. The number of nitrogens with two attached hydrogens (primary N) is 2. The van der Waals surface area contributed by atoms with Crippen molar-refractivity contribution in [3.05, 3.63) is 10.4 Å². The average Bonchev–Trinajstić information content (AvgIpc) is 2.07. The molecule has 0 spiro atoms. The van der Waals surface area contributed by atoms with Crippen LogP contribution in [0.3, 0.4) is 0 Å². The molecule has 14 heavy (non-hydrogen) atoms. The van der Waals surface area contributed by atoms with Crippen molar-refractivity contribution in [1.29, 1.82) is 10.5 Å². The Morgan fingerprint density at radius 1 is 1.36 bits per heavy atom. The zero-order chi connectivity index (χ0) is 12.0. The summed E-state index contributed by atoms with van der Waals surface area (Å²) in [5, 5.41) is 17.7. The molecule has 0 bridgehead atoms. The van der Waals surface area contributed by atoms with Crippen LogP contribution >= 0.6 is 0 Å². The molecule has 0 aromatic rings. The third-order valence-corrected chi connectivity index (χ3v) is 1.06. The molecule has 0 unspecified atom stereocenters. The van der Waals surface area contributed by atoms with Crippen LogP contribution in [0.15, 0.2) is 5.22 Å². The van der Waals surface area contributed by atoms with Gasteiger partial charge in [-0.2, -0.15) is 10.5 Å². The lowest BCUT2D eigenvalue weighted by Gasteiger charge is -2.16. The summed E-state index contributed by atoms with van der Waals surface area (Å²) in [6.07, 6.45) is 2.50. The molecular formula is C6H15N8+. The van der Waals surface area contributed by atoms with E-state index in [1.165, 1.54) is 12.4 Å². The fourth-order valence-corrected chi connectivity index (χ4v) is 0.172. The Bertz CT molecular complexity index is 226. The molecule has 78 valence electrons. The van der Waals surface area contributed by atoms with Crippen molar-refractivity contribution < 1.29 is 4.59 Å². The Labute approximate surface area is 83.1 Å². The van der Waals surface area contributed by atoms with Crippen LogP contribution in [0.1, 0.15) is 6.92 Å². The van der Waals surface area contributed by atoms with Gasteiger partial charge in [0.25, 0.3) is 0 Å². The first-order chi connectivity index (χ1) is 6.45. The van der Waals surface area contributed by atoms with Gasteiger partial charge in [0.15, 0.2) is 12.4 Å². The maximum absolute atomic E-state index is 7.98. The third kappa shape index (κ3) is 32.8. The summed E-state index contributed by atoms with van der Waals surface area (Å²) in [4.78, 5) is 2.68. The maximum atomic E-state index is 7.98. The summed E-state index contributed by atoms with van der Waals surface area (Å²) in [7, 11) is 3.69. The molecule has 0 aromatic carbocycles. The standard InChI is InChI=1S/C4H11N4.2CH2N2/c1-4-8(2,3)7-6-5;2*2-1-3/h4H2,1-3H3;2*2H2/q+1;;. The fraction of sp³-hybridized carbons (Fsp3) is 0.667. The normalized spacial score (nSPS) is 6.93. The van der Waals surface area contributed by atoms with Gasteiger partial charge in [-0.25, -0.2) is 4.59 Å². The first-order valence-corrected chi connectivity index (χ1v) is 3.54. The summed E-state index contributed by atoms with van der Waals surface area (Å²) in [5.41, 5.74) is 16.3. The zero-order valence-electron chi connectivity index (χ0n) is 8.55. The molecule has 0 aliphatic heterocycles. The number of quaternary nitrogens is 1. The maximum Gasteiger partial charge on any atom is 0.173 e. The third-order valence-electron chi connectivity index (χ3n) is 1.06. The van der Waals surface area contributed by atoms with Crippen LogP contribution in [0.2, 0.25) is 0 Å². The number of azide groups is 1. The lowest BCUT2D eigenvalue weighted by molar-refractivity contribution is -0.897. The second kappa shape index (κ2) is 13.4. The Morgan fingerprint density at radius 3 is 1.71 bits per heavy atom. The molecular weight excluding hydrogens is 184 g/mol. The summed E-state index contributed by atoms with van der Waals surface area (Å²) >= 11 is 0. The van der Waals surface area contributed by atoms with E-state index in [0.29, 0.717) is 4.59 Å². The molecule has 4 N–H and O–H groups in total. The molecule has 0 saturated carbocycles. The first-order valence-electron chi connectivity index (χ1n) is 3.54. The Morgan fingerprint density at radius 2 is 1.64 bits per heavy atom. The van der Waals surface area contributed by atoms with Crippen molar-refractivity contribution in [3.8, 4) is 12.4 Å². The predicted octanol–water partition coefficient (Wildman–Crippen LogP) is 0.160. The van der Waals surface area contributed by atoms with Crippen molar-refractivity contribution in [2.45, 2.75) is 6.92 Å². The highest BCUT2D eigenvalue weighted by molar-refractivity contribution is 4.47. The molecule has 0 atom stereocenters. The molecule has 0 heterocycles. The van der Waals surface area contributed by atoms with Gasteiger partial charge in [0, 0.05) is 5.53 Å². The van der Waals surface area contributed by atoms with Gasteiger partial charge in [0.05, 0.1) is 25.6 Å². The van der Waals surface area contributed by atoms with Crippen molar-refractivity contribution in [2.24, 2.45) is 16.7 Å². The molecule has 0 radical (unpaired) electrons. The number of hydrogen-bond donors (Lipinski definition) is 2. The monoisotopic (exact) mass is 199 g/mol. The quantitative estimate of drug-likeness (QED) is 0.124. The first kappa shape index (κ1) is 17.8. The van der Waals surface area contributed by atoms with Crippen LogP contribution in [-0.4, -0.2) is 25.2 Å². The van der Waals surface area contributed by atoms with Gasteiger partial charge < -0.3 is 11.5 Å². The van der Waals surface area contributed by atoms with E-state index in [4.69, 9.17) is 16.1 Å². The zero-order valence-corrected chi connectivity index (χ0v) is 8.55. The minimum absolute atomic E-state index is 0.372. The summed E-state index contributed by atoms with van der Waals surface area (Å²) in [6.45, 7) is 2.79. The lowest BCUT2D eigenvalue weighted by Crippen LogP contribution is -2.31. The summed E-state index contributed by atoms with van der Waals surface area (Å²) in [5.74, 6) is 0. The molecule has 0 aliphatic rings. The highest BCUT2D eigenvalue weighted by Crippen LogP contribution is 1.95. The van der Waals surface area contributed by atoms with Crippen LogP contribution in [0.25, 0.3) is 10.4 Å². The van der Waals surface area contributed by atoms with Gasteiger partial charge in [-0.05, 0) is 6.92 Å². The smallest absolute Gasteiger partial charge is 0.173 e. The van der Waals surface area contributed by atoms with Crippen LogP contribution in [0, 0.1) is 22.9 Å². The number of rotatable bonds is 2. The fourth-order valence-electron chi connectivity index (χ4n) is 0.172. The lowest BCUT2D eigenvalue weighted by atomic mass is 10.6. The van der Waals surface area contributed by atoms with E-state index in [1.54, 1.807) is 0 Å². The van der Waals surface area contributed by atoms with E-state index in [0.717, 1.165) is 6.54 Å². The van der Waals surface area contributed by atoms with E-state index in [2.05, 4.69) is 21.6 Å². The van der Waals surface area contributed by atoms with E-state index in [1.807, 2.05) is 21.0 Å². The minimum Gasteiger partial charge on any atom is -0.337 e. The highest BCUT2D eigenvalue weighted by Gasteiger charge is 2.07. The van der Waals surface area contributed by atoms with Crippen LogP contribution < -0.4 is 11.5 Å². The van der Waals surface area contributed by atoms with E-state index in [-0.39, 0.29) is 0 Å². The van der Waals surface area contributed by atoms with Gasteiger partial charge in [-0.15, -0.1) is 0 Å². The Kier molecular flexibility index (Phi) is 17.1. The van der Waals surface area contributed by atoms with Gasteiger partial charge in [0.1, 0.15) is 5.22 Å². The summed E-state index contributed by atoms with van der Waals surface area (Å²) < 4.78 is 0.372. The predicted molar refractivity (Wildman–Crippen MR) is 51.4 cm³/mol. The molecule has 0 aromatic heterocycles. The number of nitrogens with zero attached hydrogens (tertiary/aromatic N) is 6. The van der Waals surface area contributed by atoms with Crippen molar-refractivity contribution >= 4 is 0 Å². The van der Waals surface area contributed by atoms with Crippen LogP contribution in [0.4, 0.5) is 0 Å². The van der Waals surface area contributed by atoms with Crippen LogP contribution in [0.5, 0.6) is 0 Å².